The summed E-state index contributed by atoms with van der Waals surface area (Å²) in [6, 6.07) is 13.6. The number of hydrogen-bond acceptors (Lipinski definition) is 6. The van der Waals surface area contributed by atoms with E-state index in [1.807, 2.05) is 13.0 Å². The molecule has 29 heavy (non-hydrogen) atoms. The van der Waals surface area contributed by atoms with E-state index in [0.29, 0.717) is 28.3 Å². The number of nitrogen functional groups attached to an aromatic ring is 1. The number of amides is 1. The molecule has 0 radical (unpaired) electrons. The molecule has 4 aromatic rings. The summed E-state index contributed by atoms with van der Waals surface area (Å²) < 4.78 is 14.3. The number of rotatable bonds is 4. The Kier molecular flexibility index (Phi) is 4.52. The number of fused-ring (bicyclic) bond motifs is 1. The van der Waals surface area contributed by atoms with Crippen LogP contribution in [0.3, 0.4) is 0 Å². The van der Waals surface area contributed by atoms with Crippen LogP contribution in [-0.2, 0) is 0 Å². The lowest BCUT2D eigenvalue weighted by Crippen LogP contribution is -2.10. The molecule has 0 aliphatic heterocycles. The molecule has 5 N–H and O–H groups in total. The fourth-order valence-electron chi connectivity index (χ4n) is 2.98. The van der Waals surface area contributed by atoms with E-state index in [1.165, 1.54) is 0 Å². The summed E-state index contributed by atoms with van der Waals surface area (Å²) in [6.07, 6.45) is 1.09. The number of carbonyl (C=O) groups is 1. The number of nitrogens with zero attached hydrogens (tertiary/aromatic N) is 3. The molecule has 0 atom stereocenters. The Morgan fingerprint density at radius 3 is 2.55 bits per heavy atom. The van der Waals surface area contributed by atoms with E-state index in [-0.39, 0.29) is 5.82 Å². The van der Waals surface area contributed by atoms with Crippen LogP contribution in [0.1, 0.15) is 16.1 Å². The molecule has 0 fully saturated rings. The van der Waals surface area contributed by atoms with Gasteiger partial charge in [-0.25, -0.2) is 14.4 Å². The van der Waals surface area contributed by atoms with Gasteiger partial charge in [0.1, 0.15) is 0 Å². The van der Waals surface area contributed by atoms with Crippen molar-refractivity contribution in [3.05, 3.63) is 71.8 Å². The van der Waals surface area contributed by atoms with Crippen molar-refractivity contribution in [2.75, 3.05) is 11.1 Å². The van der Waals surface area contributed by atoms with Crippen LogP contribution < -0.4 is 16.8 Å². The zero-order chi connectivity index (χ0) is 20.5. The molecule has 0 spiro atoms. The molecular weight excluding hydrogens is 371 g/mol. The van der Waals surface area contributed by atoms with Crippen molar-refractivity contribution < 1.29 is 9.18 Å². The third kappa shape index (κ3) is 3.68. The van der Waals surface area contributed by atoms with Crippen molar-refractivity contribution in [3.8, 4) is 11.4 Å². The minimum atomic E-state index is -0.599. The van der Waals surface area contributed by atoms with Crippen molar-refractivity contribution in [1.29, 1.82) is 0 Å². The number of anilines is 3. The van der Waals surface area contributed by atoms with Gasteiger partial charge in [0.15, 0.2) is 17.5 Å². The number of aromatic nitrogens is 3. The van der Waals surface area contributed by atoms with Gasteiger partial charge in [0.05, 0.1) is 11.7 Å². The molecule has 2 aromatic carbocycles. The van der Waals surface area contributed by atoms with Gasteiger partial charge in [-0.1, -0.05) is 12.1 Å². The molecule has 0 unspecified atom stereocenters. The zero-order valence-corrected chi connectivity index (χ0v) is 15.5. The van der Waals surface area contributed by atoms with Gasteiger partial charge in [0.2, 0.25) is 5.91 Å². The van der Waals surface area contributed by atoms with Crippen molar-refractivity contribution >= 4 is 34.0 Å². The second kappa shape index (κ2) is 7.16. The molecule has 144 valence electrons. The number of aryl methyl sites for hydroxylation is 1. The highest BCUT2D eigenvalue weighted by atomic mass is 19.1. The zero-order valence-electron chi connectivity index (χ0n) is 15.5. The lowest BCUT2D eigenvalue weighted by atomic mass is 10.1. The Hall–Kier alpha value is -4.07. The molecule has 7 nitrogen and oxygen atoms in total. The highest BCUT2D eigenvalue weighted by Crippen LogP contribution is 2.27. The standard InChI is InChI=1S/C21H17FN6O/c1-11-8-17(23)15-9-14(6-7-18(15)26-11)27-21-16(22)10-25-20(28-21)13-4-2-12(3-5-13)19(24)29/h2-10H,1H3,(H2,23,26)(H2,24,29)(H,25,27,28). The van der Waals surface area contributed by atoms with Crippen molar-refractivity contribution in [2.45, 2.75) is 6.92 Å². The lowest BCUT2D eigenvalue weighted by molar-refractivity contribution is 0.100. The Labute approximate surface area is 165 Å². The molecule has 2 aromatic heterocycles. The topological polar surface area (TPSA) is 120 Å². The largest absolute Gasteiger partial charge is 0.398 e. The smallest absolute Gasteiger partial charge is 0.248 e. The number of halogens is 1. The average molecular weight is 388 g/mol. The van der Waals surface area contributed by atoms with Crippen molar-refractivity contribution in [1.82, 2.24) is 15.0 Å². The summed E-state index contributed by atoms with van der Waals surface area (Å²) in [5.74, 6) is -0.800. The fraction of sp³-hybridized carbons (Fsp3) is 0.0476. The van der Waals surface area contributed by atoms with Crippen LogP contribution in [0.25, 0.3) is 22.3 Å². The predicted octanol–water partition coefficient (Wildman–Crippen LogP) is 3.56. The number of primary amides is 1. The van der Waals surface area contributed by atoms with Gasteiger partial charge in [0.25, 0.3) is 0 Å². The van der Waals surface area contributed by atoms with E-state index in [1.54, 1.807) is 42.5 Å². The second-order valence-corrected chi connectivity index (χ2v) is 6.54. The molecule has 4 rings (SSSR count). The van der Waals surface area contributed by atoms with E-state index in [2.05, 4.69) is 20.3 Å². The molecule has 0 aliphatic rings. The first kappa shape index (κ1) is 18.3. The molecule has 0 bridgehead atoms. The number of pyridine rings is 1. The Morgan fingerprint density at radius 1 is 1.07 bits per heavy atom. The van der Waals surface area contributed by atoms with Gasteiger partial charge in [-0.3, -0.25) is 9.78 Å². The van der Waals surface area contributed by atoms with E-state index in [0.717, 1.165) is 22.8 Å². The minimum Gasteiger partial charge on any atom is -0.398 e. The first-order chi connectivity index (χ1) is 13.9. The van der Waals surface area contributed by atoms with Gasteiger partial charge in [-0.2, -0.15) is 0 Å². The first-order valence-corrected chi connectivity index (χ1v) is 8.77. The highest BCUT2D eigenvalue weighted by molar-refractivity contribution is 5.93. The fourth-order valence-corrected chi connectivity index (χ4v) is 2.98. The Bertz CT molecular complexity index is 1240. The molecular formula is C21H17FN6O. The third-order valence-electron chi connectivity index (χ3n) is 4.40. The Morgan fingerprint density at radius 2 is 1.83 bits per heavy atom. The van der Waals surface area contributed by atoms with Crippen LogP contribution in [0.5, 0.6) is 0 Å². The summed E-state index contributed by atoms with van der Waals surface area (Å²) in [6.45, 7) is 1.87. The number of carbonyl (C=O) groups excluding carboxylic acids is 1. The SMILES string of the molecule is Cc1cc(N)c2cc(Nc3nc(-c4ccc(C(N)=O)cc4)ncc3F)ccc2n1. The normalized spacial score (nSPS) is 10.8. The van der Waals surface area contributed by atoms with Crippen LogP contribution in [0.4, 0.5) is 21.6 Å². The molecule has 0 saturated heterocycles. The van der Waals surface area contributed by atoms with Crippen LogP contribution in [0.2, 0.25) is 0 Å². The molecule has 2 heterocycles. The minimum absolute atomic E-state index is 0.0203. The summed E-state index contributed by atoms with van der Waals surface area (Å²) in [5.41, 5.74) is 15.1. The molecule has 0 saturated carbocycles. The summed E-state index contributed by atoms with van der Waals surface area (Å²) in [5, 5.41) is 3.72. The van der Waals surface area contributed by atoms with Crippen LogP contribution in [-0.4, -0.2) is 20.9 Å². The van der Waals surface area contributed by atoms with Crippen molar-refractivity contribution in [2.24, 2.45) is 5.73 Å². The van der Waals surface area contributed by atoms with Gasteiger partial charge in [0, 0.05) is 33.6 Å². The number of benzene rings is 2. The molecule has 0 aliphatic carbocycles. The quantitative estimate of drug-likeness (QED) is 0.492. The summed E-state index contributed by atoms with van der Waals surface area (Å²) >= 11 is 0. The maximum Gasteiger partial charge on any atom is 0.248 e. The van der Waals surface area contributed by atoms with Crippen LogP contribution in [0, 0.1) is 12.7 Å². The van der Waals surface area contributed by atoms with E-state index < -0.39 is 11.7 Å². The predicted molar refractivity (Wildman–Crippen MR) is 110 cm³/mol. The first-order valence-electron chi connectivity index (χ1n) is 8.77. The maximum atomic E-state index is 14.3. The van der Waals surface area contributed by atoms with Gasteiger partial charge >= 0.3 is 0 Å². The Balaban J connectivity index is 1.68. The van der Waals surface area contributed by atoms with Crippen LogP contribution >= 0.6 is 0 Å². The summed E-state index contributed by atoms with van der Waals surface area (Å²) in [4.78, 5) is 23.9. The lowest BCUT2D eigenvalue weighted by Gasteiger charge is -2.10. The molecule has 8 heteroatoms. The van der Waals surface area contributed by atoms with Gasteiger partial charge < -0.3 is 16.8 Å². The van der Waals surface area contributed by atoms with Gasteiger partial charge in [-0.15, -0.1) is 0 Å². The second-order valence-electron chi connectivity index (χ2n) is 6.54. The van der Waals surface area contributed by atoms with E-state index in [4.69, 9.17) is 11.5 Å². The average Bonchev–Trinajstić information content (AvgIpc) is 2.70. The maximum absolute atomic E-state index is 14.3. The van der Waals surface area contributed by atoms with Crippen molar-refractivity contribution in [3.63, 3.8) is 0 Å². The third-order valence-corrected chi connectivity index (χ3v) is 4.40. The van der Waals surface area contributed by atoms with Gasteiger partial charge in [-0.05, 0) is 43.3 Å². The van der Waals surface area contributed by atoms with E-state index in [9.17, 15) is 9.18 Å². The highest BCUT2D eigenvalue weighted by Gasteiger charge is 2.11. The molecule has 1 amide bonds. The number of nitrogens with one attached hydrogen (secondary N) is 1. The number of nitrogens with two attached hydrogens (primary N) is 2. The van der Waals surface area contributed by atoms with E-state index >= 15 is 0 Å². The van der Waals surface area contributed by atoms with Crippen LogP contribution in [0.15, 0.2) is 54.7 Å². The summed E-state index contributed by atoms with van der Waals surface area (Å²) in [7, 11) is 0. The number of hydrogen-bond donors (Lipinski definition) is 3. The monoisotopic (exact) mass is 388 g/mol.